The highest BCUT2D eigenvalue weighted by atomic mass is 35.5. The second kappa shape index (κ2) is 9.64. The molecule has 5 rings (SSSR count). The van der Waals surface area contributed by atoms with E-state index in [2.05, 4.69) is 11.6 Å². The molecule has 1 N–H and O–H groups in total. The molecule has 2 aromatic rings. The molecule has 0 spiro atoms. The number of carbonyl (C=O) groups excluding carboxylic acids is 1. The molecule has 3 aliphatic rings. The molecule has 0 bridgehead atoms. The number of amides is 1. The number of hydrogen-bond acceptors (Lipinski definition) is 6. The third-order valence-corrected chi connectivity index (χ3v) is 8.10. The van der Waals surface area contributed by atoms with Crippen LogP contribution in [-0.4, -0.2) is 71.0 Å². The van der Waals surface area contributed by atoms with Crippen molar-refractivity contribution < 1.29 is 23.1 Å². The molecule has 3 aliphatic heterocycles. The van der Waals surface area contributed by atoms with E-state index in [0.29, 0.717) is 59.5 Å². The number of benzene rings is 2. The van der Waals surface area contributed by atoms with E-state index in [0.717, 1.165) is 18.2 Å². The van der Waals surface area contributed by atoms with Gasteiger partial charge in [-0.15, -0.1) is 11.8 Å². The lowest BCUT2D eigenvalue weighted by atomic mass is 9.96. The van der Waals surface area contributed by atoms with Gasteiger partial charge in [0.2, 0.25) is 12.3 Å². The second-order valence-electron chi connectivity index (χ2n) is 8.87. The van der Waals surface area contributed by atoms with Crippen LogP contribution < -0.4 is 4.90 Å². The number of rotatable bonds is 3. The minimum absolute atomic E-state index is 0.00609. The summed E-state index contributed by atoms with van der Waals surface area (Å²) in [6.45, 7) is 7.42. The predicted octanol–water partition coefficient (Wildman–Crippen LogP) is 4.75. The SMILES string of the molecule is C=CC(=O)N1CCN(C2=NC(O)N3CCSc4c(-c5cc(C(F)F)ccc5F)c(Cl)cc2c43)[C@@H](C)C1. The van der Waals surface area contributed by atoms with Gasteiger partial charge in [-0.2, -0.15) is 0 Å². The Labute approximate surface area is 216 Å². The molecule has 0 saturated carbocycles. The lowest BCUT2D eigenvalue weighted by Gasteiger charge is -2.45. The zero-order valence-corrected chi connectivity index (χ0v) is 21.0. The number of nitrogens with zero attached hydrogens (tertiary/aromatic N) is 4. The molecule has 0 aliphatic carbocycles. The van der Waals surface area contributed by atoms with Crippen LogP contribution in [0.5, 0.6) is 0 Å². The first-order valence-corrected chi connectivity index (χ1v) is 12.9. The van der Waals surface area contributed by atoms with E-state index in [9.17, 15) is 23.1 Å². The van der Waals surface area contributed by atoms with E-state index in [1.165, 1.54) is 17.8 Å². The first-order chi connectivity index (χ1) is 17.2. The van der Waals surface area contributed by atoms with Gasteiger partial charge in [-0.3, -0.25) is 4.79 Å². The van der Waals surface area contributed by atoms with Crippen LogP contribution in [0.2, 0.25) is 5.02 Å². The van der Waals surface area contributed by atoms with Crippen molar-refractivity contribution in [2.75, 3.05) is 36.8 Å². The first kappa shape index (κ1) is 25.0. The summed E-state index contributed by atoms with van der Waals surface area (Å²) in [5.41, 5.74) is 1.35. The third-order valence-electron chi connectivity index (χ3n) is 6.73. The second-order valence-corrected chi connectivity index (χ2v) is 10.4. The van der Waals surface area contributed by atoms with Gasteiger partial charge in [0.1, 0.15) is 11.7 Å². The monoisotopic (exact) mass is 536 g/mol. The average molecular weight is 537 g/mol. The average Bonchev–Trinajstić information content (AvgIpc) is 2.86. The number of carbonyl (C=O) groups is 1. The summed E-state index contributed by atoms with van der Waals surface area (Å²) in [6.07, 6.45) is -2.63. The van der Waals surface area contributed by atoms with Crippen molar-refractivity contribution in [3.63, 3.8) is 0 Å². The standard InChI is InChI=1S/C25H24ClF3N4O2S/c1-3-19(34)31-6-7-32(13(2)12-31)24-16-11-17(26)20(15-10-14(23(28)29)4-5-18(15)27)22-21(16)33(8-9-36-22)25(35)30-24/h3-5,10-11,13,23,25,35H,1,6-9,12H2,2H3/t13-,25?/m0/s1. The largest absolute Gasteiger partial charge is 0.355 e. The fourth-order valence-corrected chi connectivity index (χ4v) is 6.58. The molecule has 2 atom stereocenters. The summed E-state index contributed by atoms with van der Waals surface area (Å²) < 4.78 is 41.8. The van der Waals surface area contributed by atoms with Gasteiger partial charge in [-0.1, -0.05) is 24.2 Å². The van der Waals surface area contributed by atoms with Gasteiger partial charge in [-0.25, -0.2) is 18.2 Å². The number of aliphatic imine (C=N–C) groups is 1. The van der Waals surface area contributed by atoms with E-state index in [-0.39, 0.29) is 28.1 Å². The van der Waals surface area contributed by atoms with Gasteiger partial charge in [0.15, 0.2) is 0 Å². The van der Waals surface area contributed by atoms with Gasteiger partial charge in [-0.05, 0) is 31.2 Å². The summed E-state index contributed by atoms with van der Waals surface area (Å²) in [4.78, 5) is 22.8. The molecule has 0 aromatic heterocycles. The maximum Gasteiger partial charge on any atom is 0.263 e. The molecule has 3 heterocycles. The molecule has 36 heavy (non-hydrogen) atoms. The molecule has 1 fully saturated rings. The number of halogens is 4. The Bertz CT molecular complexity index is 1270. The van der Waals surface area contributed by atoms with Crippen LogP contribution in [0.4, 0.5) is 18.9 Å². The fourth-order valence-electron chi connectivity index (χ4n) is 5.00. The number of piperazine rings is 1. The Morgan fingerprint density at radius 3 is 2.72 bits per heavy atom. The van der Waals surface area contributed by atoms with E-state index in [1.807, 2.05) is 11.8 Å². The predicted molar refractivity (Wildman–Crippen MR) is 135 cm³/mol. The van der Waals surface area contributed by atoms with Crippen LogP contribution >= 0.6 is 23.4 Å². The number of aliphatic hydroxyl groups excluding tert-OH is 1. The van der Waals surface area contributed by atoms with E-state index in [4.69, 9.17) is 11.6 Å². The normalized spacial score (nSPS) is 21.4. The number of alkyl halides is 2. The Hall–Kier alpha value is -2.69. The van der Waals surface area contributed by atoms with Crippen molar-refractivity contribution in [3.8, 4) is 11.1 Å². The number of anilines is 1. The Morgan fingerprint density at radius 2 is 2.03 bits per heavy atom. The molecule has 1 unspecified atom stereocenters. The summed E-state index contributed by atoms with van der Waals surface area (Å²) in [6, 6.07) is 4.79. The summed E-state index contributed by atoms with van der Waals surface area (Å²) in [5.74, 6) is 0.312. The van der Waals surface area contributed by atoms with Crippen LogP contribution in [0.15, 0.2) is 46.8 Å². The Balaban J connectivity index is 1.63. The number of hydrogen-bond donors (Lipinski definition) is 1. The fraction of sp³-hybridized carbons (Fsp3) is 0.360. The number of amidine groups is 1. The maximum absolute atomic E-state index is 14.9. The smallest absolute Gasteiger partial charge is 0.263 e. The van der Waals surface area contributed by atoms with Crippen LogP contribution in [0, 0.1) is 5.82 Å². The zero-order valence-electron chi connectivity index (χ0n) is 19.4. The van der Waals surface area contributed by atoms with Gasteiger partial charge in [0.05, 0.1) is 10.7 Å². The van der Waals surface area contributed by atoms with Crippen LogP contribution in [0.3, 0.4) is 0 Å². The van der Waals surface area contributed by atoms with Crippen molar-refractivity contribution >= 4 is 40.8 Å². The van der Waals surface area contributed by atoms with Crippen molar-refractivity contribution in [1.82, 2.24) is 9.80 Å². The maximum atomic E-state index is 14.9. The highest BCUT2D eigenvalue weighted by Gasteiger charge is 2.39. The number of aliphatic hydroxyl groups is 1. The van der Waals surface area contributed by atoms with Gasteiger partial charge < -0.3 is 19.8 Å². The Morgan fingerprint density at radius 1 is 1.25 bits per heavy atom. The molecule has 6 nitrogen and oxygen atoms in total. The molecule has 190 valence electrons. The highest BCUT2D eigenvalue weighted by molar-refractivity contribution is 7.99. The minimum Gasteiger partial charge on any atom is -0.355 e. The zero-order chi connectivity index (χ0) is 25.7. The Kier molecular flexibility index (Phi) is 6.69. The summed E-state index contributed by atoms with van der Waals surface area (Å²) in [7, 11) is 0. The van der Waals surface area contributed by atoms with Gasteiger partial charge >= 0.3 is 0 Å². The van der Waals surface area contributed by atoms with Gasteiger partial charge in [0, 0.05) is 65.1 Å². The third kappa shape index (κ3) is 4.14. The molecule has 1 amide bonds. The van der Waals surface area contributed by atoms with E-state index < -0.39 is 18.6 Å². The molecular weight excluding hydrogens is 513 g/mol. The van der Waals surface area contributed by atoms with Gasteiger partial charge in [0.25, 0.3) is 6.43 Å². The lowest BCUT2D eigenvalue weighted by molar-refractivity contribution is -0.128. The topological polar surface area (TPSA) is 59.4 Å². The minimum atomic E-state index is -2.75. The molecule has 11 heteroatoms. The first-order valence-electron chi connectivity index (χ1n) is 11.5. The van der Waals surface area contributed by atoms with Crippen molar-refractivity contribution in [3.05, 3.63) is 58.9 Å². The molecule has 1 saturated heterocycles. The van der Waals surface area contributed by atoms with E-state index in [1.54, 1.807) is 15.9 Å². The lowest BCUT2D eigenvalue weighted by Crippen LogP contribution is -2.57. The molecule has 0 radical (unpaired) electrons. The molecular formula is C25H24ClF3N4O2S. The van der Waals surface area contributed by atoms with Crippen molar-refractivity contribution in [2.24, 2.45) is 4.99 Å². The number of thioether (sulfide) groups is 1. The quantitative estimate of drug-likeness (QED) is 0.574. The van der Waals surface area contributed by atoms with Crippen LogP contribution in [0.25, 0.3) is 11.1 Å². The molecule has 2 aromatic carbocycles. The summed E-state index contributed by atoms with van der Waals surface area (Å²) in [5, 5.41) is 11.2. The van der Waals surface area contributed by atoms with E-state index >= 15 is 0 Å². The van der Waals surface area contributed by atoms with Crippen LogP contribution in [0.1, 0.15) is 24.5 Å². The van der Waals surface area contributed by atoms with Crippen molar-refractivity contribution in [2.45, 2.75) is 30.6 Å². The van der Waals surface area contributed by atoms with Crippen molar-refractivity contribution in [1.29, 1.82) is 0 Å². The van der Waals surface area contributed by atoms with Crippen LogP contribution in [-0.2, 0) is 4.79 Å². The highest BCUT2D eigenvalue weighted by Crippen LogP contribution is 2.50. The summed E-state index contributed by atoms with van der Waals surface area (Å²) >= 11 is 8.17.